The van der Waals surface area contributed by atoms with Crippen molar-refractivity contribution >= 4 is 0 Å². The topological polar surface area (TPSA) is 61.5 Å². The van der Waals surface area contributed by atoms with Crippen molar-refractivity contribution in [3.63, 3.8) is 0 Å². The Morgan fingerprint density at radius 1 is 1.47 bits per heavy atom. The molecule has 4 nitrogen and oxygen atoms in total. The van der Waals surface area contributed by atoms with Crippen LogP contribution in [0.4, 0.5) is 0 Å². The van der Waals surface area contributed by atoms with E-state index in [2.05, 4.69) is 17.1 Å². The number of nitrogens with one attached hydrogen (secondary N) is 1. The average molecular weight is 215 g/mol. The van der Waals surface area contributed by atoms with Crippen LogP contribution in [0.2, 0.25) is 0 Å². The monoisotopic (exact) mass is 215 g/mol. The summed E-state index contributed by atoms with van der Waals surface area (Å²) in [4.78, 5) is 2.44. The van der Waals surface area contributed by atoms with Gasteiger partial charge in [0.1, 0.15) is 0 Å². The van der Waals surface area contributed by atoms with E-state index in [0.717, 1.165) is 38.5 Å². The van der Waals surface area contributed by atoms with Gasteiger partial charge in [0.15, 0.2) is 0 Å². The number of hydrogen-bond acceptors (Lipinski definition) is 4. The zero-order valence-corrected chi connectivity index (χ0v) is 9.78. The molecule has 1 rings (SSSR count). The lowest BCUT2D eigenvalue weighted by molar-refractivity contribution is 0.151. The highest BCUT2D eigenvalue weighted by Crippen LogP contribution is 2.15. The van der Waals surface area contributed by atoms with Gasteiger partial charge in [0.05, 0.1) is 0 Å². The highest BCUT2D eigenvalue weighted by Gasteiger charge is 2.23. The van der Waals surface area contributed by atoms with Gasteiger partial charge in [-0.25, -0.2) is 0 Å². The third-order valence-corrected chi connectivity index (χ3v) is 2.95. The molecule has 0 saturated carbocycles. The molecular weight excluding hydrogens is 190 g/mol. The number of aliphatic hydroxyl groups is 1. The number of rotatable bonds is 6. The van der Waals surface area contributed by atoms with Crippen molar-refractivity contribution in [1.29, 1.82) is 0 Å². The van der Waals surface area contributed by atoms with Crippen LogP contribution in [0.1, 0.15) is 19.8 Å². The van der Waals surface area contributed by atoms with Crippen molar-refractivity contribution in [3.05, 3.63) is 0 Å². The number of hydrogen-bond donors (Lipinski definition) is 3. The third kappa shape index (κ3) is 4.93. The first-order chi connectivity index (χ1) is 7.26. The first kappa shape index (κ1) is 12.9. The van der Waals surface area contributed by atoms with Gasteiger partial charge >= 0.3 is 0 Å². The molecule has 0 aliphatic carbocycles. The normalized spacial score (nSPS) is 28.2. The van der Waals surface area contributed by atoms with Crippen molar-refractivity contribution < 1.29 is 5.11 Å². The smallest absolute Gasteiger partial charge is 0.0443 e. The summed E-state index contributed by atoms with van der Waals surface area (Å²) in [6, 6.07) is 0.576. The summed E-state index contributed by atoms with van der Waals surface area (Å²) < 4.78 is 0. The summed E-state index contributed by atoms with van der Waals surface area (Å²) >= 11 is 0. The molecule has 0 aromatic carbocycles. The molecule has 0 radical (unpaired) electrons. The minimum absolute atomic E-state index is 0.280. The van der Waals surface area contributed by atoms with E-state index in [1.807, 2.05) is 0 Å². The quantitative estimate of drug-likeness (QED) is 0.529. The SMILES string of the molecule is CC1CC(NCCCO)CN(CCN)C1. The minimum Gasteiger partial charge on any atom is -0.396 e. The second-order valence-corrected chi connectivity index (χ2v) is 4.62. The van der Waals surface area contributed by atoms with Crippen LogP contribution < -0.4 is 11.1 Å². The van der Waals surface area contributed by atoms with E-state index in [9.17, 15) is 0 Å². The zero-order chi connectivity index (χ0) is 11.1. The van der Waals surface area contributed by atoms with Gasteiger partial charge in [0.2, 0.25) is 0 Å². The number of aliphatic hydroxyl groups excluding tert-OH is 1. The van der Waals surface area contributed by atoms with E-state index >= 15 is 0 Å². The number of nitrogens with zero attached hydrogens (tertiary/aromatic N) is 1. The molecule has 15 heavy (non-hydrogen) atoms. The molecule has 4 heteroatoms. The Balaban J connectivity index is 2.24. The largest absolute Gasteiger partial charge is 0.396 e. The van der Waals surface area contributed by atoms with E-state index in [1.165, 1.54) is 13.0 Å². The molecule has 1 fully saturated rings. The predicted molar refractivity (Wildman–Crippen MR) is 62.8 cm³/mol. The van der Waals surface area contributed by atoms with Crippen LogP contribution in [-0.2, 0) is 0 Å². The zero-order valence-electron chi connectivity index (χ0n) is 9.78. The molecule has 1 heterocycles. The minimum atomic E-state index is 0.280. The Labute approximate surface area is 92.8 Å². The fourth-order valence-electron chi connectivity index (χ4n) is 2.36. The van der Waals surface area contributed by atoms with Crippen LogP contribution in [0.15, 0.2) is 0 Å². The Morgan fingerprint density at radius 2 is 2.27 bits per heavy atom. The maximum Gasteiger partial charge on any atom is 0.0443 e. The van der Waals surface area contributed by atoms with Crippen LogP contribution in [0.25, 0.3) is 0 Å². The Bertz CT molecular complexity index is 166. The van der Waals surface area contributed by atoms with Crippen LogP contribution in [0, 0.1) is 5.92 Å². The Morgan fingerprint density at radius 3 is 2.93 bits per heavy atom. The van der Waals surface area contributed by atoms with Crippen LogP contribution in [-0.4, -0.2) is 55.4 Å². The van der Waals surface area contributed by atoms with Crippen molar-refractivity contribution in [3.8, 4) is 0 Å². The van der Waals surface area contributed by atoms with E-state index in [-0.39, 0.29) is 6.61 Å². The molecule has 1 aliphatic rings. The second-order valence-electron chi connectivity index (χ2n) is 4.62. The summed E-state index contributed by atoms with van der Waals surface area (Å²) in [6.07, 6.45) is 2.09. The first-order valence-corrected chi connectivity index (χ1v) is 6.03. The molecule has 2 atom stereocenters. The molecule has 90 valence electrons. The number of nitrogens with two attached hydrogens (primary N) is 1. The molecular formula is C11H25N3O. The van der Waals surface area contributed by atoms with Gasteiger partial charge in [0, 0.05) is 38.8 Å². The van der Waals surface area contributed by atoms with Gasteiger partial charge in [-0.3, -0.25) is 0 Å². The average Bonchev–Trinajstić information content (AvgIpc) is 2.18. The molecule has 1 aliphatic heterocycles. The van der Waals surface area contributed by atoms with Crippen molar-refractivity contribution in [2.24, 2.45) is 11.7 Å². The molecule has 0 aromatic heterocycles. The van der Waals surface area contributed by atoms with Gasteiger partial charge < -0.3 is 21.1 Å². The highest BCUT2D eigenvalue weighted by molar-refractivity contribution is 4.81. The molecule has 0 spiro atoms. The van der Waals surface area contributed by atoms with Gasteiger partial charge in [-0.05, 0) is 25.3 Å². The van der Waals surface area contributed by atoms with Gasteiger partial charge in [-0.2, -0.15) is 0 Å². The second kappa shape index (κ2) is 7.17. The molecule has 4 N–H and O–H groups in total. The molecule has 0 amide bonds. The highest BCUT2D eigenvalue weighted by atomic mass is 16.3. The predicted octanol–water partition coefficient (Wildman–Crippen LogP) is -0.372. The fourth-order valence-corrected chi connectivity index (χ4v) is 2.36. The third-order valence-electron chi connectivity index (χ3n) is 2.95. The summed E-state index contributed by atoms with van der Waals surface area (Å²) in [5, 5.41) is 12.2. The molecule has 1 saturated heterocycles. The van der Waals surface area contributed by atoms with Gasteiger partial charge in [-0.15, -0.1) is 0 Å². The lowest BCUT2D eigenvalue weighted by atomic mass is 9.96. The summed E-state index contributed by atoms with van der Waals surface area (Å²) in [5.74, 6) is 0.747. The molecule has 0 bridgehead atoms. The number of piperidine rings is 1. The van der Waals surface area contributed by atoms with Crippen molar-refractivity contribution in [2.75, 3.05) is 39.3 Å². The fraction of sp³-hybridized carbons (Fsp3) is 1.00. The van der Waals surface area contributed by atoms with Gasteiger partial charge in [-0.1, -0.05) is 6.92 Å². The van der Waals surface area contributed by atoms with E-state index in [0.29, 0.717) is 6.04 Å². The standard InChI is InChI=1S/C11H25N3O/c1-10-7-11(13-4-2-6-15)9-14(8-10)5-3-12/h10-11,13,15H,2-9,12H2,1H3. The van der Waals surface area contributed by atoms with Crippen LogP contribution in [0.5, 0.6) is 0 Å². The summed E-state index contributed by atoms with van der Waals surface area (Å²) in [7, 11) is 0. The van der Waals surface area contributed by atoms with E-state index < -0.39 is 0 Å². The molecule has 2 unspecified atom stereocenters. The Hall–Kier alpha value is -0.160. The van der Waals surface area contributed by atoms with E-state index in [1.54, 1.807) is 0 Å². The lowest BCUT2D eigenvalue weighted by Gasteiger charge is -2.36. The maximum atomic E-state index is 8.72. The lowest BCUT2D eigenvalue weighted by Crippen LogP contribution is -2.50. The maximum absolute atomic E-state index is 8.72. The summed E-state index contributed by atoms with van der Waals surface area (Å²) in [5.41, 5.74) is 5.58. The first-order valence-electron chi connectivity index (χ1n) is 6.03. The van der Waals surface area contributed by atoms with Crippen LogP contribution >= 0.6 is 0 Å². The molecule has 0 aromatic rings. The Kier molecular flexibility index (Phi) is 6.17. The summed E-state index contributed by atoms with van der Waals surface area (Å²) in [6.45, 7) is 7.52. The van der Waals surface area contributed by atoms with Crippen molar-refractivity contribution in [2.45, 2.75) is 25.8 Å². The van der Waals surface area contributed by atoms with Crippen molar-refractivity contribution in [1.82, 2.24) is 10.2 Å². The van der Waals surface area contributed by atoms with E-state index in [4.69, 9.17) is 10.8 Å². The van der Waals surface area contributed by atoms with Crippen LogP contribution in [0.3, 0.4) is 0 Å². The van der Waals surface area contributed by atoms with Gasteiger partial charge in [0.25, 0.3) is 0 Å². The number of likely N-dealkylation sites (tertiary alicyclic amines) is 1.